The van der Waals surface area contributed by atoms with Crippen LogP contribution in [0.1, 0.15) is 68.8 Å². The van der Waals surface area contributed by atoms with Crippen LogP contribution in [0.3, 0.4) is 0 Å². The van der Waals surface area contributed by atoms with Gasteiger partial charge >= 0.3 is 0 Å². The molecular weight excluding hydrogens is 504 g/mol. The molecule has 196 valence electrons. The average molecular weight is 532 g/mol. The molecule has 1 saturated carbocycles. The summed E-state index contributed by atoms with van der Waals surface area (Å²) in [5, 5.41) is 8.53. The molecular formula is C25H27F2N5O4S. The van der Waals surface area contributed by atoms with Gasteiger partial charge in [0.2, 0.25) is 11.8 Å². The first-order chi connectivity index (χ1) is 17.5. The van der Waals surface area contributed by atoms with Crippen molar-refractivity contribution < 1.29 is 26.5 Å². The van der Waals surface area contributed by atoms with Gasteiger partial charge in [0.1, 0.15) is 22.6 Å². The van der Waals surface area contributed by atoms with Gasteiger partial charge < -0.3 is 9.26 Å². The molecule has 0 N–H and O–H groups in total. The van der Waals surface area contributed by atoms with Gasteiger partial charge in [-0.1, -0.05) is 19.0 Å². The molecule has 1 aromatic carbocycles. The normalized spacial score (nSPS) is 18.6. The number of nitrogens with zero attached hydrogens (tertiary/aromatic N) is 5. The first-order valence-corrected chi connectivity index (χ1v) is 14.0. The third-order valence-electron chi connectivity index (χ3n) is 6.63. The third-order valence-corrected chi connectivity index (χ3v) is 7.75. The van der Waals surface area contributed by atoms with E-state index < -0.39 is 26.4 Å². The minimum atomic E-state index is -3.93. The van der Waals surface area contributed by atoms with E-state index >= 15 is 0 Å². The minimum absolute atomic E-state index is 0.0782. The molecule has 1 fully saturated rings. The van der Waals surface area contributed by atoms with Crippen LogP contribution < -0.4 is 4.74 Å². The van der Waals surface area contributed by atoms with Gasteiger partial charge in [-0.3, -0.25) is 0 Å². The number of hydrogen-bond acceptors (Lipinski definition) is 8. The molecule has 0 spiro atoms. The van der Waals surface area contributed by atoms with Crippen molar-refractivity contribution in [3.05, 3.63) is 53.4 Å². The molecule has 5 rings (SSSR count). The van der Waals surface area contributed by atoms with Crippen LogP contribution in [0.2, 0.25) is 0 Å². The standard InChI is InChI=1S/C25H27F2N5O4S/c1-13(2)23-29-25(36-31-23)15-5-7-16(8-6-15)35-21-9-10-28-24-22(14(3)30-32(21)24)17-11-19(27)20(12-18(17)26)37(4,33)34/h9-13,15-16H,5-8H2,1-4H3. The van der Waals surface area contributed by atoms with Crippen molar-refractivity contribution >= 4 is 15.5 Å². The first-order valence-electron chi connectivity index (χ1n) is 12.1. The van der Waals surface area contributed by atoms with Gasteiger partial charge in [-0.15, -0.1) is 0 Å². The van der Waals surface area contributed by atoms with Gasteiger partial charge in [-0.05, 0) is 44.7 Å². The van der Waals surface area contributed by atoms with Gasteiger partial charge in [0.25, 0.3) is 0 Å². The van der Waals surface area contributed by atoms with E-state index in [1.807, 2.05) is 13.8 Å². The summed E-state index contributed by atoms with van der Waals surface area (Å²) in [6.07, 6.45) is 5.48. The van der Waals surface area contributed by atoms with Crippen molar-refractivity contribution in [1.29, 1.82) is 0 Å². The lowest BCUT2D eigenvalue weighted by atomic mass is 9.87. The Morgan fingerprint density at radius 3 is 2.51 bits per heavy atom. The molecule has 12 heteroatoms. The highest BCUT2D eigenvalue weighted by atomic mass is 32.2. The highest BCUT2D eigenvalue weighted by molar-refractivity contribution is 7.90. The highest BCUT2D eigenvalue weighted by Gasteiger charge is 2.29. The van der Waals surface area contributed by atoms with Crippen LogP contribution in [-0.2, 0) is 9.84 Å². The van der Waals surface area contributed by atoms with Crippen molar-refractivity contribution in [3.63, 3.8) is 0 Å². The van der Waals surface area contributed by atoms with E-state index in [0.717, 1.165) is 38.0 Å². The summed E-state index contributed by atoms with van der Waals surface area (Å²) in [6.45, 7) is 5.69. The van der Waals surface area contributed by atoms with Crippen LogP contribution in [0.15, 0.2) is 33.8 Å². The highest BCUT2D eigenvalue weighted by Crippen LogP contribution is 2.36. The predicted molar refractivity (Wildman–Crippen MR) is 130 cm³/mol. The SMILES string of the molecule is Cc1nn2c(OC3CCC(c4nc(C(C)C)no4)CC3)ccnc2c1-c1cc(F)c(S(C)(=O)=O)cc1F. The summed E-state index contributed by atoms with van der Waals surface area (Å²) >= 11 is 0. The Bertz CT molecular complexity index is 1570. The summed E-state index contributed by atoms with van der Waals surface area (Å²) in [5.74, 6) is 0.268. The minimum Gasteiger partial charge on any atom is -0.474 e. The van der Waals surface area contributed by atoms with Crippen molar-refractivity contribution in [3.8, 4) is 17.0 Å². The van der Waals surface area contributed by atoms with Crippen LogP contribution in [0.4, 0.5) is 8.78 Å². The van der Waals surface area contributed by atoms with E-state index in [-0.39, 0.29) is 34.7 Å². The Hall–Kier alpha value is -3.41. The number of aryl methyl sites for hydroxylation is 1. The topological polar surface area (TPSA) is 112 Å². The van der Waals surface area contributed by atoms with E-state index in [2.05, 4.69) is 20.2 Å². The van der Waals surface area contributed by atoms with Gasteiger partial charge in [0.15, 0.2) is 21.3 Å². The molecule has 9 nitrogen and oxygen atoms in total. The van der Waals surface area contributed by atoms with Gasteiger partial charge in [-0.25, -0.2) is 22.2 Å². The van der Waals surface area contributed by atoms with Crippen LogP contribution in [0.25, 0.3) is 16.8 Å². The van der Waals surface area contributed by atoms with E-state index in [4.69, 9.17) is 9.26 Å². The number of hydrogen-bond donors (Lipinski definition) is 0. The number of ether oxygens (including phenoxy) is 1. The monoisotopic (exact) mass is 531 g/mol. The average Bonchev–Trinajstić information content (AvgIpc) is 3.46. The zero-order valence-corrected chi connectivity index (χ0v) is 21.7. The first kappa shape index (κ1) is 25.2. The number of benzene rings is 1. The van der Waals surface area contributed by atoms with E-state index in [1.165, 1.54) is 10.7 Å². The maximum atomic E-state index is 15.0. The zero-order chi connectivity index (χ0) is 26.5. The molecule has 0 unspecified atom stereocenters. The second-order valence-corrected chi connectivity index (χ2v) is 11.7. The summed E-state index contributed by atoms with van der Waals surface area (Å²) < 4.78 is 66.3. The summed E-state index contributed by atoms with van der Waals surface area (Å²) in [7, 11) is -3.93. The fraction of sp³-hybridized carbons (Fsp3) is 0.440. The molecule has 0 radical (unpaired) electrons. The molecule has 0 aliphatic heterocycles. The van der Waals surface area contributed by atoms with Crippen molar-refractivity contribution in [1.82, 2.24) is 24.7 Å². The fourth-order valence-corrected chi connectivity index (χ4v) is 5.42. The molecule has 0 saturated heterocycles. The smallest absolute Gasteiger partial charge is 0.229 e. The molecule has 4 aromatic rings. The number of rotatable bonds is 6. The summed E-state index contributed by atoms with van der Waals surface area (Å²) in [6, 6.07) is 3.23. The fourth-order valence-electron chi connectivity index (χ4n) is 4.69. The Balaban J connectivity index is 1.39. The van der Waals surface area contributed by atoms with Crippen molar-refractivity contribution in [2.75, 3.05) is 6.26 Å². The molecule has 1 aliphatic carbocycles. The number of aromatic nitrogens is 5. The summed E-state index contributed by atoms with van der Waals surface area (Å²) in [5.41, 5.74) is 0.821. The van der Waals surface area contributed by atoms with Crippen LogP contribution in [-0.4, -0.2) is 45.5 Å². The maximum absolute atomic E-state index is 15.0. The van der Waals surface area contributed by atoms with E-state index in [1.54, 1.807) is 13.0 Å². The lowest BCUT2D eigenvalue weighted by Crippen LogP contribution is -2.24. The van der Waals surface area contributed by atoms with Gasteiger partial charge in [-0.2, -0.15) is 14.6 Å². The number of sulfone groups is 1. The number of halogens is 2. The summed E-state index contributed by atoms with van der Waals surface area (Å²) in [4.78, 5) is 8.16. The quantitative estimate of drug-likeness (QED) is 0.342. The van der Waals surface area contributed by atoms with Crippen LogP contribution in [0, 0.1) is 18.6 Å². The van der Waals surface area contributed by atoms with E-state index in [0.29, 0.717) is 29.4 Å². The molecule has 0 atom stereocenters. The second-order valence-electron chi connectivity index (χ2n) is 9.75. The van der Waals surface area contributed by atoms with Crippen molar-refractivity contribution in [2.45, 2.75) is 69.3 Å². The largest absolute Gasteiger partial charge is 0.474 e. The molecule has 1 aliphatic rings. The maximum Gasteiger partial charge on any atom is 0.229 e. The zero-order valence-electron chi connectivity index (χ0n) is 20.9. The third kappa shape index (κ3) is 4.81. The Morgan fingerprint density at radius 1 is 1.14 bits per heavy atom. The van der Waals surface area contributed by atoms with Crippen LogP contribution >= 0.6 is 0 Å². The number of fused-ring (bicyclic) bond motifs is 1. The van der Waals surface area contributed by atoms with Gasteiger partial charge in [0.05, 0.1) is 11.3 Å². The Morgan fingerprint density at radius 2 is 1.86 bits per heavy atom. The molecule has 3 heterocycles. The van der Waals surface area contributed by atoms with E-state index in [9.17, 15) is 17.2 Å². The van der Waals surface area contributed by atoms with Crippen LogP contribution in [0.5, 0.6) is 5.88 Å². The lowest BCUT2D eigenvalue weighted by molar-refractivity contribution is 0.130. The molecule has 0 amide bonds. The molecule has 0 bridgehead atoms. The second kappa shape index (κ2) is 9.47. The van der Waals surface area contributed by atoms with Gasteiger partial charge in [0, 0.05) is 35.9 Å². The molecule has 3 aromatic heterocycles. The Labute approximate surface area is 212 Å². The Kier molecular flexibility index (Phi) is 6.47. The molecule has 37 heavy (non-hydrogen) atoms. The predicted octanol–water partition coefficient (Wildman–Crippen LogP) is 5.00. The lowest BCUT2D eigenvalue weighted by Gasteiger charge is -2.27. The van der Waals surface area contributed by atoms with Crippen molar-refractivity contribution in [2.24, 2.45) is 0 Å².